The molecule has 0 fully saturated rings. The van der Waals surface area contributed by atoms with Crippen molar-refractivity contribution in [1.29, 1.82) is 0 Å². The highest BCUT2D eigenvalue weighted by molar-refractivity contribution is 5.49. The first-order valence-corrected chi connectivity index (χ1v) is 3.60. The van der Waals surface area contributed by atoms with Crippen LogP contribution in [0.25, 0.3) is 0 Å². The molecule has 0 bridgehead atoms. The molecule has 0 aliphatic heterocycles. The fourth-order valence-corrected chi connectivity index (χ4v) is 0.799. The zero-order valence-corrected chi connectivity index (χ0v) is 6.79. The van der Waals surface area contributed by atoms with Crippen molar-refractivity contribution in [2.75, 3.05) is 5.32 Å². The zero-order chi connectivity index (χ0) is 8.81. The van der Waals surface area contributed by atoms with E-state index >= 15 is 0 Å². The average Bonchev–Trinajstić information content (AvgIpc) is 2.09. The molecule has 1 rings (SSSR count). The van der Waals surface area contributed by atoms with Crippen molar-refractivity contribution in [3.8, 4) is 0 Å². The van der Waals surface area contributed by atoms with Crippen LogP contribution < -0.4 is 5.32 Å². The zero-order valence-electron chi connectivity index (χ0n) is 6.79. The van der Waals surface area contributed by atoms with Crippen LogP contribution in [0, 0.1) is 6.92 Å². The normalized spacial score (nSPS) is 8.08. The molecule has 0 aromatic heterocycles. The predicted molar refractivity (Wildman–Crippen MR) is 48.6 cm³/mol. The minimum absolute atomic E-state index is 0.934. The van der Waals surface area contributed by atoms with E-state index in [1.807, 2.05) is 31.2 Å². The van der Waals surface area contributed by atoms with Gasteiger partial charge in [0.25, 0.3) is 0 Å². The lowest BCUT2D eigenvalue weighted by molar-refractivity contribution is 0.569. The molecule has 0 spiro atoms. The van der Waals surface area contributed by atoms with Gasteiger partial charge in [-0.15, -0.1) is 0 Å². The Labute approximate surface area is 71.2 Å². The maximum absolute atomic E-state index is 9.74. The summed E-state index contributed by atoms with van der Waals surface area (Å²) < 4.78 is 0. The fraction of sp³-hybridized carbons (Fsp3) is 0.100. The summed E-state index contributed by atoms with van der Waals surface area (Å²) in [6.07, 6.45) is 1.43. The van der Waals surface area contributed by atoms with Crippen LogP contribution in [-0.4, -0.2) is 5.94 Å². The quantitative estimate of drug-likeness (QED) is 0.527. The van der Waals surface area contributed by atoms with Crippen molar-refractivity contribution >= 4 is 11.6 Å². The monoisotopic (exact) mass is 159 g/mol. The molecule has 0 saturated heterocycles. The molecule has 1 aromatic carbocycles. The summed E-state index contributed by atoms with van der Waals surface area (Å²) in [7, 11) is 0. The first-order chi connectivity index (χ1) is 5.83. The lowest BCUT2D eigenvalue weighted by Gasteiger charge is -1.98. The number of nitrogens with one attached hydrogen (secondary N) is 1. The van der Waals surface area contributed by atoms with Crippen LogP contribution in [0.5, 0.6) is 0 Å². The first-order valence-electron chi connectivity index (χ1n) is 3.60. The number of hydrogen-bond donors (Lipinski definition) is 1. The highest BCUT2D eigenvalue weighted by Gasteiger charge is 1.85. The van der Waals surface area contributed by atoms with E-state index in [2.05, 4.69) is 11.0 Å². The molecule has 2 heteroatoms. The first kappa shape index (κ1) is 8.35. The van der Waals surface area contributed by atoms with Gasteiger partial charge in [-0.1, -0.05) is 17.7 Å². The minimum Gasteiger partial charge on any atom is -0.355 e. The smallest absolute Gasteiger partial charge is 0.178 e. The maximum atomic E-state index is 9.74. The molecule has 12 heavy (non-hydrogen) atoms. The molecular formula is C10H9NO. The molecule has 1 aromatic rings. The molecule has 0 atom stereocenters. The molecule has 60 valence electrons. The van der Waals surface area contributed by atoms with E-state index in [0.717, 1.165) is 5.69 Å². The summed E-state index contributed by atoms with van der Waals surface area (Å²) in [6, 6.07) is 7.83. The highest BCUT2D eigenvalue weighted by Crippen LogP contribution is 2.07. The Morgan fingerprint density at radius 3 is 2.58 bits per heavy atom. The molecule has 0 saturated carbocycles. The summed E-state index contributed by atoms with van der Waals surface area (Å²) in [5.74, 6) is 1.53. The highest BCUT2D eigenvalue weighted by atomic mass is 16.1. The van der Waals surface area contributed by atoms with Crippen LogP contribution in [0.15, 0.2) is 36.2 Å². The Balaban J connectivity index is 2.71. The lowest BCUT2D eigenvalue weighted by Crippen LogP contribution is -1.85. The predicted octanol–water partition coefficient (Wildman–Crippen LogP) is 1.91. The molecule has 0 radical (unpaired) electrons. The van der Waals surface area contributed by atoms with Gasteiger partial charge in [-0.05, 0) is 24.8 Å². The maximum Gasteiger partial charge on any atom is 0.178 e. The van der Waals surface area contributed by atoms with Crippen LogP contribution in [0.2, 0.25) is 0 Å². The number of benzene rings is 1. The van der Waals surface area contributed by atoms with Crippen LogP contribution in [0.1, 0.15) is 5.56 Å². The van der Waals surface area contributed by atoms with Crippen molar-refractivity contribution < 1.29 is 4.79 Å². The molecule has 0 unspecified atom stereocenters. The van der Waals surface area contributed by atoms with E-state index in [4.69, 9.17) is 0 Å². The van der Waals surface area contributed by atoms with Crippen molar-refractivity contribution in [2.45, 2.75) is 6.92 Å². The van der Waals surface area contributed by atoms with E-state index < -0.39 is 0 Å². The number of anilines is 1. The van der Waals surface area contributed by atoms with Gasteiger partial charge < -0.3 is 5.32 Å². The lowest BCUT2D eigenvalue weighted by atomic mass is 10.2. The SMILES string of the molecule is Cc1ccc(NC=C=C=O)cc1. The van der Waals surface area contributed by atoms with Gasteiger partial charge in [-0.25, -0.2) is 4.79 Å². The third-order valence-corrected chi connectivity index (χ3v) is 1.42. The number of carbonyl (C=O) groups excluding carboxylic acids is 1. The fourth-order valence-electron chi connectivity index (χ4n) is 0.799. The second kappa shape index (κ2) is 4.20. The summed E-state index contributed by atoms with van der Waals surface area (Å²) in [4.78, 5) is 9.74. The third-order valence-electron chi connectivity index (χ3n) is 1.42. The Bertz CT molecular complexity index is 327. The van der Waals surface area contributed by atoms with Gasteiger partial charge in [0.1, 0.15) is 0 Å². The second-order valence-corrected chi connectivity index (χ2v) is 2.40. The van der Waals surface area contributed by atoms with Crippen molar-refractivity contribution in [2.24, 2.45) is 0 Å². The summed E-state index contributed by atoms with van der Waals surface area (Å²) in [5, 5.41) is 2.87. The van der Waals surface area contributed by atoms with E-state index in [-0.39, 0.29) is 0 Å². The van der Waals surface area contributed by atoms with Crippen molar-refractivity contribution in [1.82, 2.24) is 0 Å². The van der Waals surface area contributed by atoms with Crippen LogP contribution in [0.4, 0.5) is 5.69 Å². The average molecular weight is 159 g/mol. The molecule has 0 aliphatic rings. The van der Waals surface area contributed by atoms with Gasteiger partial charge in [-0.2, -0.15) is 0 Å². The Morgan fingerprint density at radius 2 is 2.00 bits per heavy atom. The van der Waals surface area contributed by atoms with E-state index in [1.165, 1.54) is 17.7 Å². The van der Waals surface area contributed by atoms with E-state index in [0.29, 0.717) is 0 Å². The van der Waals surface area contributed by atoms with Crippen molar-refractivity contribution in [3.63, 3.8) is 0 Å². The van der Waals surface area contributed by atoms with Crippen molar-refractivity contribution in [3.05, 3.63) is 41.8 Å². The van der Waals surface area contributed by atoms with Gasteiger partial charge in [0, 0.05) is 5.69 Å². The molecular weight excluding hydrogens is 150 g/mol. The van der Waals surface area contributed by atoms with Gasteiger partial charge in [0.15, 0.2) is 5.94 Å². The number of rotatable bonds is 2. The van der Waals surface area contributed by atoms with Crippen LogP contribution >= 0.6 is 0 Å². The molecule has 0 amide bonds. The second-order valence-electron chi connectivity index (χ2n) is 2.40. The Morgan fingerprint density at radius 1 is 1.33 bits per heavy atom. The van der Waals surface area contributed by atoms with Crippen LogP contribution in [0.3, 0.4) is 0 Å². The standard InChI is InChI=1S/C10H9NO/c1-9-3-5-10(6-4-9)11-7-2-8-12/h3-7,11H,1H3. The molecule has 0 heterocycles. The summed E-state index contributed by atoms with van der Waals surface area (Å²) in [5.41, 5.74) is 4.41. The summed E-state index contributed by atoms with van der Waals surface area (Å²) in [6.45, 7) is 2.02. The number of aryl methyl sites for hydroxylation is 1. The van der Waals surface area contributed by atoms with E-state index in [9.17, 15) is 4.79 Å². The van der Waals surface area contributed by atoms with E-state index in [1.54, 1.807) is 0 Å². The molecule has 1 N–H and O–H groups in total. The number of hydrogen-bond acceptors (Lipinski definition) is 2. The van der Waals surface area contributed by atoms with Crippen LogP contribution in [-0.2, 0) is 4.79 Å². The summed E-state index contributed by atoms with van der Waals surface area (Å²) >= 11 is 0. The molecule has 2 nitrogen and oxygen atoms in total. The minimum atomic E-state index is 0.934. The largest absolute Gasteiger partial charge is 0.355 e. The van der Waals surface area contributed by atoms with Gasteiger partial charge >= 0.3 is 0 Å². The Hall–Kier alpha value is -1.75. The third kappa shape index (κ3) is 2.47. The molecule has 0 aliphatic carbocycles. The van der Waals surface area contributed by atoms with Gasteiger partial charge in [0.2, 0.25) is 0 Å². The topological polar surface area (TPSA) is 29.1 Å². The van der Waals surface area contributed by atoms with Gasteiger partial charge in [0.05, 0.1) is 6.20 Å². The Kier molecular flexibility index (Phi) is 2.92. The van der Waals surface area contributed by atoms with Gasteiger partial charge in [-0.3, -0.25) is 0 Å².